The Hall–Kier alpha value is -2.74. The molecule has 0 fully saturated rings. The second kappa shape index (κ2) is 9.38. The van der Waals surface area contributed by atoms with Gasteiger partial charge in [0.15, 0.2) is 11.5 Å². The van der Waals surface area contributed by atoms with E-state index < -0.39 is 15.9 Å². The van der Waals surface area contributed by atoms with Gasteiger partial charge in [-0.2, -0.15) is 0 Å². The number of amides is 1. The summed E-state index contributed by atoms with van der Waals surface area (Å²) in [7, 11) is -0.559. The minimum absolute atomic E-state index is 0.304. The molecule has 0 spiro atoms. The van der Waals surface area contributed by atoms with Gasteiger partial charge in [-0.15, -0.1) is 0 Å². The highest BCUT2D eigenvalue weighted by Gasteiger charge is 2.25. The molecule has 0 heterocycles. The van der Waals surface area contributed by atoms with Gasteiger partial charge in [0.25, 0.3) is 0 Å². The van der Waals surface area contributed by atoms with Gasteiger partial charge in [-0.3, -0.25) is 9.10 Å². The average Bonchev–Trinajstić information content (AvgIpc) is 2.64. The molecule has 30 heavy (non-hydrogen) atoms. The first kappa shape index (κ1) is 23.5. The molecule has 2 aromatic rings. The molecule has 0 bridgehead atoms. The molecule has 0 aromatic heterocycles. The lowest BCUT2D eigenvalue weighted by Gasteiger charge is -2.26. The van der Waals surface area contributed by atoms with E-state index in [4.69, 9.17) is 9.47 Å². The van der Waals surface area contributed by atoms with Crippen molar-refractivity contribution >= 4 is 21.6 Å². The summed E-state index contributed by atoms with van der Waals surface area (Å²) in [5, 5.41) is 2.87. The maximum absolute atomic E-state index is 12.8. The first-order valence-corrected chi connectivity index (χ1v) is 11.4. The maximum atomic E-state index is 12.8. The highest BCUT2D eigenvalue weighted by molar-refractivity contribution is 7.92. The van der Waals surface area contributed by atoms with Gasteiger partial charge in [-0.25, -0.2) is 8.42 Å². The number of benzene rings is 2. The summed E-state index contributed by atoms with van der Waals surface area (Å²) >= 11 is 0. The first-order chi connectivity index (χ1) is 14.0. The monoisotopic (exact) mass is 434 g/mol. The Labute approximate surface area is 179 Å². The van der Waals surface area contributed by atoms with E-state index in [1.165, 1.54) is 0 Å². The van der Waals surface area contributed by atoms with Crippen LogP contribution in [-0.4, -0.2) is 41.3 Å². The second-order valence-electron chi connectivity index (χ2n) is 7.42. The SMILES string of the molecule is COc1ccc(C(C)NC(=O)CN(c2c(C)cc(C)cc2C)S(C)(=O)=O)cc1OC. The van der Waals surface area contributed by atoms with Crippen molar-refractivity contribution in [2.45, 2.75) is 33.7 Å². The summed E-state index contributed by atoms with van der Waals surface area (Å²) in [6.45, 7) is 7.16. The van der Waals surface area contributed by atoms with Crippen molar-refractivity contribution in [1.29, 1.82) is 0 Å². The molecule has 0 aliphatic heterocycles. The fourth-order valence-electron chi connectivity index (χ4n) is 3.55. The van der Waals surface area contributed by atoms with Gasteiger partial charge in [0.1, 0.15) is 6.54 Å². The summed E-state index contributed by atoms with van der Waals surface area (Å²) < 4.78 is 36.7. The summed E-state index contributed by atoms with van der Waals surface area (Å²) in [6.07, 6.45) is 1.11. The van der Waals surface area contributed by atoms with Crippen LogP contribution in [0.3, 0.4) is 0 Å². The third kappa shape index (κ3) is 5.44. The molecular weight excluding hydrogens is 404 g/mol. The zero-order chi connectivity index (χ0) is 22.6. The molecular formula is C22H30N2O5S. The second-order valence-corrected chi connectivity index (χ2v) is 9.33. The smallest absolute Gasteiger partial charge is 0.241 e. The van der Waals surface area contributed by atoms with Gasteiger partial charge >= 0.3 is 0 Å². The molecule has 1 N–H and O–H groups in total. The minimum Gasteiger partial charge on any atom is -0.493 e. The van der Waals surface area contributed by atoms with E-state index >= 15 is 0 Å². The van der Waals surface area contributed by atoms with E-state index in [0.29, 0.717) is 17.2 Å². The van der Waals surface area contributed by atoms with E-state index in [-0.39, 0.29) is 12.6 Å². The lowest BCUT2D eigenvalue weighted by molar-refractivity contribution is -0.120. The number of nitrogens with zero attached hydrogens (tertiary/aromatic N) is 1. The fraction of sp³-hybridized carbons (Fsp3) is 0.409. The molecule has 8 heteroatoms. The van der Waals surface area contributed by atoms with Crippen LogP contribution in [0.4, 0.5) is 5.69 Å². The predicted octanol–water partition coefficient (Wildman–Crippen LogP) is 3.27. The molecule has 7 nitrogen and oxygen atoms in total. The van der Waals surface area contributed by atoms with Gasteiger partial charge in [0.2, 0.25) is 15.9 Å². The molecule has 0 saturated carbocycles. The molecule has 0 aliphatic rings. The minimum atomic E-state index is -3.66. The van der Waals surface area contributed by atoms with E-state index in [1.54, 1.807) is 26.4 Å². The van der Waals surface area contributed by atoms with Crippen molar-refractivity contribution in [2.24, 2.45) is 0 Å². The summed E-state index contributed by atoms with van der Waals surface area (Å²) in [5.41, 5.74) is 4.00. The van der Waals surface area contributed by atoms with Crippen LogP contribution in [0.15, 0.2) is 30.3 Å². The van der Waals surface area contributed by atoms with Crippen LogP contribution in [0, 0.1) is 20.8 Å². The molecule has 1 unspecified atom stereocenters. The number of methoxy groups -OCH3 is 2. The Morgan fingerprint density at radius 1 is 1.03 bits per heavy atom. The van der Waals surface area contributed by atoms with Crippen LogP contribution in [0.2, 0.25) is 0 Å². The molecule has 0 radical (unpaired) electrons. The van der Waals surface area contributed by atoms with E-state index in [1.807, 2.05) is 45.9 Å². The molecule has 2 rings (SSSR count). The molecule has 1 amide bonds. The lowest BCUT2D eigenvalue weighted by atomic mass is 10.0. The Morgan fingerprint density at radius 3 is 2.10 bits per heavy atom. The number of carbonyl (C=O) groups excluding carboxylic acids is 1. The number of carbonyl (C=O) groups is 1. The lowest BCUT2D eigenvalue weighted by Crippen LogP contribution is -2.41. The highest BCUT2D eigenvalue weighted by Crippen LogP contribution is 2.30. The number of hydrogen-bond donors (Lipinski definition) is 1. The molecule has 2 aromatic carbocycles. The first-order valence-electron chi connectivity index (χ1n) is 9.54. The van der Waals surface area contributed by atoms with Crippen molar-refractivity contribution in [2.75, 3.05) is 31.3 Å². The van der Waals surface area contributed by atoms with Crippen LogP contribution in [0.25, 0.3) is 0 Å². The Kier molecular flexibility index (Phi) is 7.36. The number of nitrogens with one attached hydrogen (secondary N) is 1. The topological polar surface area (TPSA) is 84.9 Å². The van der Waals surface area contributed by atoms with Crippen molar-refractivity contribution in [3.05, 3.63) is 52.6 Å². The molecule has 164 valence electrons. The van der Waals surface area contributed by atoms with Gasteiger partial charge in [-0.05, 0) is 56.5 Å². The average molecular weight is 435 g/mol. The van der Waals surface area contributed by atoms with Crippen molar-refractivity contribution in [3.63, 3.8) is 0 Å². The summed E-state index contributed by atoms with van der Waals surface area (Å²) in [6, 6.07) is 8.84. The zero-order valence-electron chi connectivity index (χ0n) is 18.6. The third-order valence-electron chi connectivity index (χ3n) is 4.86. The van der Waals surface area contributed by atoms with Gasteiger partial charge in [0, 0.05) is 0 Å². The Balaban J connectivity index is 2.26. The Morgan fingerprint density at radius 2 is 1.60 bits per heavy atom. The third-order valence-corrected chi connectivity index (χ3v) is 5.97. The number of sulfonamides is 1. The van der Waals surface area contributed by atoms with E-state index in [0.717, 1.165) is 32.8 Å². The van der Waals surface area contributed by atoms with Crippen molar-refractivity contribution < 1.29 is 22.7 Å². The predicted molar refractivity (Wildman–Crippen MR) is 119 cm³/mol. The van der Waals surface area contributed by atoms with Crippen molar-refractivity contribution in [1.82, 2.24) is 5.32 Å². The highest BCUT2D eigenvalue weighted by atomic mass is 32.2. The number of anilines is 1. The van der Waals surface area contributed by atoms with E-state index in [9.17, 15) is 13.2 Å². The largest absolute Gasteiger partial charge is 0.493 e. The van der Waals surface area contributed by atoms with Crippen LogP contribution >= 0.6 is 0 Å². The fourth-order valence-corrected chi connectivity index (χ4v) is 4.52. The summed E-state index contributed by atoms with van der Waals surface area (Å²) in [4.78, 5) is 12.8. The normalized spacial score (nSPS) is 12.2. The van der Waals surface area contributed by atoms with Crippen LogP contribution in [0.5, 0.6) is 11.5 Å². The van der Waals surface area contributed by atoms with Crippen LogP contribution in [-0.2, 0) is 14.8 Å². The molecule has 1 atom stereocenters. The van der Waals surface area contributed by atoms with Gasteiger partial charge in [-0.1, -0.05) is 23.8 Å². The quantitative estimate of drug-likeness (QED) is 0.689. The number of hydrogen-bond acceptors (Lipinski definition) is 5. The zero-order valence-corrected chi connectivity index (χ0v) is 19.4. The molecule has 0 saturated heterocycles. The summed E-state index contributed by atoms with van der Waals surface area (Å²) in [5.74, 6) is 0.746. The maximum Gasteiger partial charge on any atom is 0.241 e. The van der Waals surface area contributed by atoms with Gasteiger partial charge in [0.05, 0.1) is 32.2 Å². The standard InChI is InChI=1S/C22H30N2O5S/c1-14-10-15(2)22(16(3)11-14)24(30(7,26)27)13-21(25)23-17(4)18-8-9-19(28-5)20(12-18)29-6/h8-12,17H,13H2,1-7H3,(H,23,25). The Bertz CT molecular complexity index is 1010. The van der Waals surface area contributed by atoms with Crippen LogP contribution < -0.4 is 19.1 Å². The number of ether oxygens (including phenoxy) is 2. The van der Waals surface area contributed by atoms with Gasteiger partial charge < -0.3 is 14.8 Å². The number of rotatable bonds is 8. The number of aryl methyl sites for hydroxylation is 3. The molecule has 0 aliphatic carbocycles. The van der Waals surface area contributed by atoms with Crippen molar-refractivity contribution in [3.8, 4) is 11.5 Å². The van der Waals surface area contributed by atoms with E-state index in [2.05, 4.69) is 5.32 Å². The van der Waals surface area contributed by atoms with Crippen LogP contribution in [0.1, 0.15) is 35.2 Å².